The quantitative estimate of drug-likeness (QED) is 0.157. The van der Waals surface area contributed by atoms with Crippen molar-refractivity contribution in [2.45, 2.75) is 6.42 Å². The fraction of sp³-hybridized carbons (Fsp3) is 0.222. The highest BCUT2D eigenvalue weighted by Gasteiger charge is 2.13. The molecule has 17 heavy (non-hydrogen) atoms. The maximum atomic E-state index is 10.7. The standard InChI is InChI=1S/C9H6ClN5O2/c10-7-5-9(15(16)17)8(12-6-7)3-1-2-4-13-14-11/h5-6H,2,4H2. The van der Waals surface area contributed by atoms with E-state index in [9.17, 15) is 10.1 Å². The summed E-state index contributed by atoms with van der Waals surface area (Å²) in [6.45, 7) is 0.213. The maximum Gasteiger partial charge on any atom is 0.304 e. The second kappa shape index (κ2) is 6.33. The monoisotopic (exact) mass is 251 g/mol. The number of pyridine rings is 1. The summed E-state index contributed by atoms with van der Waals surface area (Å²) >= 11 is 5.59. The van der Waals surface area contributed by atoms with E-state index in [0.29, 0.717) is 6.42 Å². The van der Waals surface area contributed by atoms with Crippen LogP contribution in [0.2, 0.25) is 5.02 Å². The van der Waals surface area contributed by atoms with Gasteiger partial charge in [-0.05, 0) is 11.5 Å². The number of nitrogens with zero attached hydrogens (tertiary/aromatic N) is 5. The van der Waals surface area contributed by atoms with E-state index < -0.39 is 4.92 Å². The van der Waals surface area contributed by atoms with Crippen LogP contribution in [-0.4, -0.2) is 16.5 Å². The van der Waals surface area contributed by atoms with Crippen molar-refractivity contribution >= 4 is 17.3 Å². The van der Waals surface area contributed by atoms with Crippen molar-refractivity contribution in [1.82, 2.24) is 4.98 Å². The molecular formula is C9H6ClN5O2. The zero-order chi connectivity index (χ0) is 12.7. The number of aromatic nitrogens is 1. The smallest absolute Gasteiger partial charge is 0.258 e. The number of halogens is 1. The predicted octanol–water partition coefficient (Wildman–Crippen LogP) is 2.70. The molecule has 0 unspecified atom stereocenters. The molecule has 0 radical (unpaired) electrons. The Hall–Kier alpha value is -2.29. The summed E-state index contributed by atoms with van der Waals surface area (Å²) in [7, 11) is 0. The molecular weight excluding hydrogens is 246 g/mol. The highest BCUT2D eigenvalue weighted by molar-refractivity contribution is 6.30. The topological polar surface area (TPSA) is 105 Å². The Morgan fingerprint density at radius 2 is 2.47 bits per heavy atom. The number of hydrogen-bond donors (Lipinski definition) is 0. The first kappa shape index (κ1) is 12.8. The molecule has 1 rings (SSSR count). The van der Waals surface area contributed by atoms with Crippen molar-refractivity contribution < 1.29 is 4.92 Å². The van der Waals surface area contributed by atoms with Crippen molar-refractivity contribution in [2.75, 3.05) is 6.54 Å². The summed E-state index contributed by atoms with van der Waals surface area (Å²) in [6.07, 6.45) is 1.59. The summed E-state index contributed by atoms with van der Waals surface area (Å²) in [5.41, 5.74) is 7.82. The van der Waals surface area contributed by atoms with Crippen LogP contribution in [0.5, 0.6) is 0 Å². The molecule has 1 aromatic rings. The molecule has 86 valence electrons. The highest BCUT2D eigenvalue weighted by Crippen LogP contribution is 2.19. The number of hydrogen-bond acceptors (Lipinski definition) is 4. The Labute approximate surface area is 101 Å². The molecule has 0 amide bonds. The van der Waals surface area contributed by atoms with E-state index in [-0.39, 0.29) is 22.9 Å². The lowest BCUT2D eigenvalue weighted by molar-refractivity contribution is -0.385. The van der Waals surface area contributed by atoms with Crippen molar-refractivity contribution in [1.29, 1.82) is 0 Å². The van der Waals surface area contributed by atoms with Crippen LogP contribution in [0.4, 0.5) is 5.69 Å². The Bertz CT molecular complexity index is 542. The van der Waals surface area contributed by atoms with Gasteiger partial charge in [0.15, 0.2) is 5.69 Å². The normalized spacial score (nSPS) is 8.76. The Balaban J connectivity index is 2.90. The van der Waals surface area contributed by atoms with Crippen molar-refractivity contribution in [3.63, 3.8) is 0 Å². The molecule has 1 aromatic heterocycles. The summed E-state index contributed by atoms with van der Waals surface area (Å²) < 4.78 is 0. The van der Waals surface area contributed by atoms with E-state index >= 15 is 0 Å². The van der Waals surface area contributed by atoms with Crippen LogP contribution in [0.15, 0.2) is 17.4 Å². The average Bonchev–Trinajstić information content (AvgIpc) is 2.30. The van der Waals surface area contributed by atoms with Crippen molar-refractivity contribution in [2.24, 2.45) is 5.11 Å². The molecule has 0 aromatic carbocycles. The molecule has 0 spiro atoms. The van der Waals surface area contributed by atoms with Crippen LogP contribution in [0.1, 0.15) is 12.1 Å². The van der Waals surface area contributed by atoms with Crippen LogP contribution < -0.4 is 0 Å². The minimum atomic E-state index is -0.601. The Morgan fingerprint density at radius 1 is 1.71 bits per heavy atom. The lowest BCUT2D eigenvalue weighted by Crippen LogP contribution is -1.94. The first-order chi connectivity index (χ1) is 8.15. The van der Waals surface area contributed by atoms with Gasteiger partial charge in [-0.3, -0.25) is 10.1 Å². The third-order valence-corrected chi connectivity index (χ3v) is 1.84. The summed E-state index contributed by atoms with van der Waals surface area (Å²) in [5.74, 6) is 5.16. The second-order valence-electron chi connectivity index (χ2n) is 2.78. The van der Waals surface area contributed by atoms with Crippen LogP contribution >= 0.6 is 11.6 Å². The van der Waals surface area contributed by atoms with Crippen LogP contribution in [0.3, 0.4) is 0 Å². The summed E-state index contributed by atoms with van der Waals surface area (Å²) in [6, 6.07) is 1.19. The number of rotatable bonds is 3. The first-order valence-corrected chi connectivity index (χ1v) is 4.82. The zero-order valence-electron chi connectivity index (χ0n) is 8.50. The van der Waals surface area contributed by atoms with Crippen LogP contribution in [0.25, 0.3) is 10.4 Å². The average molecular weight is 252 g/mol. The fourth-order valence-corrected chi connectivity index (χ4v) is 1.11. The SMILES string of the molecule is [N-]=[N+]=NCCC#Cc1ncc(Cl)cc1[N+](=O)[O-]. The van der Waals surface area contributed by atoms with Gasteiger partial charge >= 0.3 is 5.69 Å². The first-order valence-electron chi connectivity index (χ1n) is 4.45. The molecule has 0 aliphatic rings. The minimum Gasteiger partial charge on any atom is -0.258 e. The largest absolute Gasteiger partial charge is 0.304 e. The predicted molar refractivity (Wildman–Crippen MR) is 61.4 cm³/mol. The van der Waals surface area contributed by atoms with Gasteiger partial charge in [0.2, 0.25) is 0 Å². The maximum absolute atomic E-state index is 10.7. The van der Waals surface area contributed by atoms with Gasteiger partial charge in [-0.15, -0.1) is 0 Å². The Morgan fingerprint density at radius 3 is 3.12 bits per heavy atom. The Kier molecular flexibility index (Phi) is 4.76. The second-order valence-corrected chi connectivity index (χ2v) is 3.22. The van der Waals surface area contributed by atoms with Gasteiger partial charge in [-0.25, -0.2) is 4.98 Å². The van der Waals surface area contributed by atoms with E-state index in [1.165, 1.54) is 12.3 Å². The molecule has 0 bridgehead atoms. The lowest BCUT2D eigenvalue weighted by atomic mass is 10.3. The molecule has 7 nitrogen and oxygen atoms in total. The molecule has 0 atom stereocenters. The lowest BCUT2D eigenvalue weighted by Gasteiger charge is -1.94. The van der Waals surface area contributed by atoms with Gasteiger partial charge in [0.05, 0.1) is 9.95 Å². The highest BCUT2D eigenvalue weighted by atomic mass is 35.5. The number of azide groups is 1. The van der Waals surface area contributed by atoms with Crippen LogP contribution in [0, 0.1) is 22.0 Å². The van der Waals surface area contributed by atoms with Crippen LogP contribution in [-0.2, 0) is 0 Å². The van der Waals surface area contributed by atoms with Gasteiger partial charge in [0.25, 0.3) is 0 Å². The minimum absolute atomic E-state index is 0.0420. The number of nitro groups is 1. The van der Waals surface area contributed by atoms with Gasteiger partial charge in [0, 0.05) is 30.1 Å². The fourth-order valence-electron chi connectivity index (χ4n) is 0.961. The van der Waals surface area contributed by atoms with E-state index in [0.717, 1.165) is 0 Å². The van der Waals surface area contributed by atoms with Crippen molar-refractivity contribution in [3.05, 3.63) is 43.5 Å². The van der Waals surface area contributed by atoms with E-state index in [4.69, 9.17) is 17.1 Å². The van der Waals surface area contributed by atoms with Gasteiger partial charge < -0.3 is 0 Å². The third-order valence-electron chi connectivity index (χ3n) is 1.64. The molecule has 0 N–H and O–H groups in total. The molecule has 0 saturated carbocycles. The molecule has 0 fully saturated rings. The van der Waals surface area contributed by atoms with Gasteiger partial charge in [-0.1, -0.05) is 22.6 Å². The molecule has 0 aliphatic carbocycles. The summed E-state index contributed by atoms with van der Waals surface area (Å²) in [5, 5.41) is 14.1. The molecule has 0 saturated heterocycles. The van der Waals surface area contributed by atoms with E-state index in [1.807, 2.05) is 0 Å². The van der Waals surface area contributed by atoms with Gasteiger partial charge in [-0.2, -0.15) is 0 Å². The van der Waals surface area contributed by atoms with Crippen molar-refractivity contribution in [3.8, 4) is 11.8 Å². The van der Waals surface area contributed by atoms with Gasteiger partial charge in [0.1, 0.15) is 0 Å². The molecule has 0 aliphatic heterocycles. The summed E-state index contributed by atoms with van der Waals surface area (Å²) in [4.78, 5) is 16.4. The molecule has 1 heterocycles. The third kappa shape index (κ3) is 3.99. The van der Waals surface area contributed by atoms with E-state index in [1.54, 1.807) is 0 Å². The molecule has 8 heteroatoms. The van der Waals surface area contributed by atoms with E-state index in [2.05, 4.69) is 26.9 Å². The zero-order valence-corrected chi connectivity index (χ0v) is 9.26.